The Kier molecular flexibility index (Phi) is 7.96. The van der Waals surface area contributed by atoms with Crippen LogP contribution in [0.25, 0.3) is 0 Å². The molecule has 0 aliphatic carbocycles. The first-order chi connectivity index (χ1) is 16.2. The van der Waals surface area contributed by atoms with Gasteiger partial charge >= 0.3 is 0 Å². The van der Waals surface area contributed by atoms with Crippen molar-refractivity contribution in [3.63, 3.8) is 0 Å². The average molecular weight is 490 g/mol. The summed E-state index contributed by atoms with van der Waals surface area (Å²) in [5.41, 5.74) is -3.95. The summed E-state index contributed by atoms with van der Waals surface area (Å²) in [6, 6.07) is 5.08. The zero-order valence-electron chi connectivity index (χ0n) is 18.9. The second-order valence-electron chi connectivity index (χ2n) is 8.45. The fraction of sp³-hybridized carbons (Fsp3) is 0.350. The SMILES string of the molecule is CC(C)(C)NC(=O)[C@H](CCc1c([N+](=O)[O-])cccc1[N+](=O)[O-])Nc1c([N+](=O)[O-])cccc1[N+](=O)[O-]. The van der Waals surface area contributed by atoms with Crippen molar-refractivity contribution in [2.45, 2.75) is 45.2 Å². The van der Waals surface area contributed by atoms with Crippen LogP contribution in [-0.4, -0.2) is 37.2 Å². The van der Waals surface area contributed by atoms with Gasteiger partial charge in [0, 0.05) is 29.8 Å². The van der Waals surface area contributed by atoms with Crippen molar-refractivity contribution in [1.82, 2.24) is 5.32 Å². The predicted octanol–water partition coefficient (Wildman–Crippen LogP) is 3.65. The minimum absolute atomic E-state index is 0.255. The number of carbonyl (C=O) groups is 1. The first-order valence-corrected chi connectivity index (χ1v) is 10.1. The average Bonchev–Trinajstić information content (AvgIpc) is 2.74. The molecule has 2 aromatic carbocycles. The summed E-state index contributed by atoms with van der Waals surface area (Å²) >= 11 is 0. The number of hydrogen-bond donors (Lipinski definition) is 2. The van der Waals surface area contributed by atoms with Crippen LogP contribution in [0.2, 0.25) is 0 Å². The fourth-order valence-electron chi connectivity index (χ4n) is 3.33. The van der Waals surface area contributed by atoms with Crippen molar-refractivity contribution in [2.24, 2.45) is 0 Å². The van der Waals surface area contributed by atoms with Crippen LogP contribution >= 0.6 is 0 Å². The summed E-state index contributed by atoms with van der Waals surface area (Å²) in [5, 5.41) is 51.0. The van der Waals surface area contributed by atoms with Crippen LogP contribution in [0.4, 0.5) is 28.4 Å². The summed E-state index contributed by atoms with van der Waals surface area (Å²) in [6.07, 6.45) is -0.659. The molecular weight excluding hydrogens is 468 g/mol. The Morgan fingerprint density at radius 3 is 1.57 bits per heavy atom. The van der Waals surface area contributed by atoms with E-state index in [1.165, 1.54) is 0 Å². The molecule has 2 rings (SSSR count). The maximum absolute atomic E-state index is 13.0. The molecule has 0 aliphatic heterocycles. The fourth-order valence-corrected chi connectivity index (χ4v) is 3.33. The van der Waals surface area contributed by atoms with E-state index in [1.54, 1.807) is 20.8 Å². The number of carbonyl (C=O) groups excluding carboxylic acids is 1. The van der Waals surface area contributed by atoms with Crippen molar-refractivity contribution in [1.29, 1.82) is 0 Å². The molecule has 0 heterocycles. The van der Waals surface area contributed by atoms with Gasteiger partial charge in [-0.3, -0.25) is 45.3 Å². The van der Waals surface area contributed by atoms with E-state index in [0.29, 0.717) is 0 Å². The minimum Gasteiger partial charge on any atom is -0.362 e. The van der Waals surface area contributed by atoms with Gasteiger partial charge in [-0.05, 0) is 45.7 Å². The normalized spacial score (nSPS) is 11.9. The molecule has 0 bridgehead atoms. The number of nitrogens with one attached hydrogen (secondary N) is 2. The molecule has 0 spiro atoms. The molecule has 0 radical (unpaired) electrons. The number of nitro groups is 4. The summed E-state index contributed by atoms with van der Waals surface area (Å²) in [4.78, 5) is 55.5. The topological polar surface area (TPSA) is 214 Å². The van der Waals surface area contributed by atoms with Gasteiger partial charge in [-0.1, -0.05) is 0 Å². The maximum atomic E-state index is 13.0. The quantitative estimate of drug-likeness (QED) is 0.364. The second kappa shape index (κ2) is 10.5. The molecule has 186 valence electrons. The van der Waals surface area contributed by atoms with Gasteiger partial charge in [-0.15, -0.1) is 0 Å². The lowest BCUT2D eigenvalue weighted by Gasteiger charge is -2.26. The van der Waals surface area contributed by atoms with E-state index in [4.69, 9.17) is 0 Å². The van der Waals surface area contributed by atoms with Gasteiger partial charge in [-0.25, -0.2) is 0 Å². The Morgan fingerprint density at radius 1 is 0.800 bits per heavy atom. The Hall–Kier alpha value is -4.69. The highest BCUT2D eigenvalue weighted by atomic mass is 16.6. The van der Waals surface area contributed by atoms with Crippen LogP contribution in [0, 0.1) is 40.5 Å². The van der Waals surface area contributed by atoms with Crippen molar-refractivity contribution in [2.75, 3.05) is 5.32 Å². The molecule has 2 aromatic rings. The number of nitro benzene ring substituents is 4. The van der Waals surface area contributed by atoms with Crippen LogP contribution in [0.15, 0.2) is 36.4 Å². The monoisotopic (exact) mass is 490 g/mol. The summed E-state index contributed by atoms with van der Waals surface area (Å²) in [6.45, 7) is 4.97. The first-order valence-electron chi connectivity index (χ1n) is 10.1. The van der Waals surface area contributed by atoms with Crippen molar-refractivity contribution in [3.05, 3.63) is 82.4 Å². The highest BCUT2D eigenvalue weighted by molar-refractivity contribution is 5.87. The van der Waals surface area contributed by atoms with E-state index in [2.05, 4.69) is 10.6 Å². The first kappa shape index (κ1) is 26.6. The van der Waals surface area contributed by atoms with E-state index in [9.17, 15) is 45.3 Å². The van der Waals surface area contributed by atoms with E-state index in [0.717, 1.165) is 36.4 Å². The molecule has 15 heteroatoms. The third-order valence-corrected chi connectivity index (χ3v) is 4.75. The molecular formula is C20H22N6O9. The van der Waals surface area contributed by atoms with Crippen LogP contribution < -0.4 is 10.6 Å². The Balaban J connectivity index is 2.55. The molecule has 0 aromatic heterocycles. The van der Waals surface area contributed by atoms with Crippen LogP contribution in [-0.2, 0) is 11.2 Å². The largest absolute Gasteiger partial charge is 0.362 e. The minimum atomic E-state index is -1.37. The van der Waals surface area contributed by atoms with E-state index in [-0.39, 0.29) is 18.4 Å². The van der Waals surface area contributed by atoms with Gasteiger partial charge in [0.05, 0.1) is 19.7 Å². The Bertz CT molecular complexity index is 1130. The van der Waals surface area contributed by atoms with E-state index < -0.39 is 65.6 Å². The number of amides is 1. The van der Waals surface area contributed by atoms with Crippen LogP contribution in [0.5, 0.6) is 0 Å². The molecule has 35 heavy (non-hydrogen) atoms. The third kappa shape index (κ3) is 6.66. The number of benzene rings is 2. The predicted molar refractivity (Wildman–Crippen MR) is 123 cm³/mol. The third-order valence-electron chi connectivity index (χ3n) is 4.75. The maximum Gasteiger partial charge on any atom is 0.299 e. The number of para-hydroxylation sites is 1. The second-order valence-corrected chi connectivity index (χ2v) is 8.45. The molecule has 0 saturated heterocycles. The van der Waals surface area contributed by atoms with Crippen molar-refractivity contribution in [3.8, 4) is 0 Å². The summed E-state index contributed by atoms with van der Waals surface area (Å²) in [7, 11) is 0. The number of hydrogen-bond acceptors (Lipinski definition) is 10. The Morgan fingerprint density at radius 2 is 1.20 bits per heavy atom. The van der Waals surface area contributed by atoms with Gasteiger partial charge in [0.25, 0.3) is 22.7 Å². The molecule has 2 N–H and O–H groups in total. The van der Waals surface area contributed by atoms with Crippen LogP contribution in [0.3, 0.4) is 0 Å². The van der Waals surface area contributed by atoms with Crippen LogP contribution in [0.1, 0.15) is 32.8 Å². The lowest BCUT2D eigenvalue weighted by molar-refractivity contribution is -0.395. The van der Waals surface area contributed by atoms with Gasteiger partial charge in [0.15, 0.2) is 5.69 Å². The van der Waals surface area contributed by atoms with E-state index >= 15 is 0 Å². The van der Waals surface area contributed by atoms with Gasteiger partial charge in [-0.2, -0.15) is 0 Å². The summed E-state index contributed by atoms with van der Waals surface area (Å²) < 4.78 is 0. The number of anilines is 1. The highest BCUT2D eigenvalue weighted by Gasteiger charge is 2.32. The molecule has 1 atom stereocenters. The molecule has 1 amide bonds. The smallest absolute Gasteiger partial charge is 0.299 e. The lowest BCUT2D eigenvalue weighted by Crippen LogP contribution is -2.48. The highest BCUT2D eigenvalue weighted by Crippen LogP contribution is 2.35. The van der Waals surface area contributed by atoms with E-state index in [1.807, 2.05) is 0 Å². The van der Waals surface area contributed by atoms with Crippen molar-refractivity contribution < 1.29 is 24.5 Å². The molecule has 0 unspecified atom stereocenters. The van der Waals surface area contributed by atoms with Gasteiger partial charge < -0.3 is 10.6 Å². The zero-order chi connectivity index (χ0) is 26.5. The van der Waals surface area contributed by atoms with Gasteiger partial charge in [0.1, 0.15) is 11.6 Å². The van der Waals surface area contributed by atoms with Gasteiger partial charge in [0.2, 0.25) is 5.91 Å². The number of rotatable bonds is 10. The lowest BCUT2D eigenvalue weighted by atomic mass is 9.99. The Labute approximate surface area is 197 Å². The molecule has 0 saturated carbocycles. The number of nitrogens with zero attached hydrogens (tertiary/aromatic N) is 4. The molecule has 0 fully saturated rings. The molecule has 0 aliphatic rings. The zero-order valence-corrected chi connectivity index (χ0v) is 18.9. The molecule has 15 nitrogen and oxygen atoms in total. The standard InChI is InChI=1S/C20H22N6O9/c1-20(2,3)22-19(27)13(21-18-16(25(32)33)8-5-9-17(18)26(34)35)11-10-12-14(23(28)29)6-4-7-15(12)24(30)31/h4-9,13,21H,10-11H2,1-3H3,(H,22,27)/t13-/m0/s1. The van der Waals surface area contributed by atoms with Crippen molar-refractivity contribution >= 4 is 34.3 Å². The summed E-state index contributed by atoms with van der Waals surface area (Å²) in [5.74, 6) is -0.716.